The molecule has 0 saturated carbocycles. The molecule has 0 bridgehead atoms. The van der Waals surface area contributed by atoms with E-state index in [2.05, 4.69) is 17.2 Å². The van der Waals surface area contributed by atoms with E-state index in [0.29, 0.717) is 12.5 Å². The Kier molecular flexibility index (Phi) is 8.35. The third kappa shape index (κ3) is 6.34. The molecule has 0 fully saturated rings. The standard InChI is InChI=1S/C17H21N3O.HI/c1-2-11-21-16-10-6-7-14(12-16)13-19-17(18)20-15-8-4-3-5-9-15;/h3-10,12H,2,11,13H2,1H3,(H3,18,19,20);1H. The van der Waals surface area contributed by atoms with Gasteiger partial charge in [0.2, 0.25) is 0 Å². The molecule has 0 spiro atoms. The van der Waals surface area contributed by atoms with E-state index in [1.165, 1.54) is 0 Å². The van der Waals surface area contributed by atoms with Gasteiger partial charge in [0, 0.05) is 5.69 Å². The number of hydrogen-bond acceptors (Lipinski definition) is 2. The molecule has 0 radical (unpaired) electrons. The Labute approximate surface area is 148 Å². The lowest BCUT2D eigenvalue weighted by Gasteiger charge is -2.07. The molecule has 2 aromatic carbocycles. The number of benzene rings is 2. The van der Waals surface area contributed by atoms with E-state index in [1.807, 2.05) is 54.6 Å². The predicted octanol–water partition coefficient (Wildman–Crippen LogP) is 4.02. The van der Waals surface area contributed by atoms with Crippen molar-refractivity contribution in [3.05, 3.63) is 60.2 Å². The smallest absolute Gasteiger partial charge is 0.193 e. The van der Waals surface area contributed by atoms with Gasteiger partial charge in [-0.2, -0.15) is 0 Å². The Morgan fingerprint density at radius 1 is 1.14 bits per heavy atom. The van der Waals surface area contributed by atoms with Gasteiger partial charge in [-0.15, -0.1) is 24.0 Å². The van der Waals surface area contributed by atoms with Gasteiger partial charge in [0.05, 0.1) is 13.2 Å². The molecule has 3 N–H and O–H groups in total. The van der Waals surface area contributed by atoms with Gasteiger partial charge in [-0.1, -0.05) is 37.3 Å². The van der Waals surface area contributed by atoms with Crippen LogP contribution in [0.2, 0.25) is 0 Å². The van der Waals surface area contributed by atoms with Crippen molar-refractivity contribution < 1.29 is 4.74 Å². The summed E-state index contributed by atoms with van der Waals surface area (Å²) in [6.07, 6.45) is 0.996. The van der Waals surface area contributed by atoms with Crippen LogP contribution < -0.4 is 15.8 Å². The number of hydrogen-bond donors (Lipinski definition) is 2. The minimum atomic E-state index is 0. The summed E-state index contributed by atoms with van der Waals surface area (Å²) in [5.74, 6) is 1.28. The van der Waals surface area contributed by atoms with Gasteiger partial charge in [-0.25, -0.2) is 4.99 Å². The summed E-state index contributed by atoms with van der Waals surface area (Å²) in [5, 5.41) is 3.06. The van der Waals surface area contributed by atoms with Crippen LogP contribution in [0.25, 0.3) is 0 Å². The number of nitrogens with two attached hydrogens (primary N) is 1. The number of nitrogens with zero attached hydrogens (tertiary/aromatic N) is 1. The monoisotopic (exact) mass is 411 g/mol. The third-order valence-electron chi connectivity index (χ3n) is 2.85. The van der Waals surface area contributed by atoms with E-state index in [9.17, 15) is 0 Å². The second kappa shape index (κ2) is 10.0. The lowest BCUT2D eigenvalue weighted by Crippen LogP contribution is -2.22. The molecule has 2 aromatic rings. The molecular formula is C17H22IN3O. The highest BCUT2D eigenvalue weighted by atomic mass is 127. The molecular weight excluding hydrogens is 389 g/mol. The summed E-state index contributed by atoms with van der Waals surface area (Å²) >= 11 is 0. The second-order valence-corrected chi connectivity index (χ2v) is 4.69. The van der Waals surface area contributed by atoms with Crippen LogP contribution >= 0.6 is 24.0 Å². The van der Waals surface area contributed by atoms with Gasteiger partial charge < -0.3 is 15.8 Å². The number of anilines is 1. The van der Waals surface area contributed by atoms with Crippen molar-refractivity contribution in [2.45, 2.75) is 19.9 Å². The van der Waals surface area contributed by atoms with Gasteiger partial charge in [0.1, 0.15) is 5.75 Å². The summed E-state index contributed by atoms with van der Waals surface area (Å²) < 4.78 is 5.60. The average Bonchev–Trinajstić information content (AvgIpc) is 2.52. The van der Waals surface area contributed by atoms with Crippen molar-refractivity contribution in [3.63, 3.8) is 0 Å². The minimum absolute atomic E-state index is 0. The van der Waals surface area contributed by atoms with Crippen molar-refractivity contribution in [3.8, 4) is 5.75 Å². The van der Waals surface area contributed by atoms with Crippen molar-refractivity contribution in [2.75, 3.05) is 11.9 Å². The number of guanidine groups is 1. The molecule has 118 valence electrons. The number of halogens is 1. The molecule has 0 aromatic heterocycles. The van der Waals surface area contributed by atoms with Crippen LogP contribution in [0.1, 0.15) is 18.9 Å². The molecule has 2 rings (SSSR count). The van der Waals surface area contributed by atoms with Crippen LogP contribution in [0.15, 0.2) is 59.6 Å². The largest absolute Gasteiger partial charge is 0.494 e. The molecule has 0 heterocycles. The highest BCUT2D eigenvalue weighted by molar-refractivity contribution is 14.0. The maximum atomic E-state index is 5.88. The molecule has 5 heteroatoms. The normalized spacial score (nSPS) is 10.7. The van der Waals surface area contributed by atoms with E-state index >= 15 is 0 Å². The topological polar surface area (TPSA) is 59.6 Å². The maximum Gasteiger partial charge on any atom is 0.193 e. The summed E-state index contributed by atoms with van der Waals surface area (Å²) in [6, 6.07) is 17.7. The molecule has 0 amide bonds. The molecule has 0 atom stereocenters. The lowest BCUT2D eigenvalue weighted by molar-refractivity contribution is 0.317. The van der Waals surface area contributed by atoms with Gasteiger partial charge in [-0.3, -0.25) is 0 Å². The molecule has 0 aliphatic rings. The fourth-order valence-electron chi connectivity index (χ4n) is 1.84. The first-order valence-electron chi connectivity index (χ1n) is 7.11. The molecule has 0 saturated heterocycles. The van der Waals surface area contributed by atoms with E-state index in [-0.39, 0.29) is 24.0 Å². The van der Waals surface area contributed by atoms with E-state index in [0.717, 1.165) is 30.0 Å². The third-order valence-corrected chi connectivity index (χ3v) is 2.85. The Morgan fingerprint density at radius 2 is 1.91 bits per heavy atom. The zero-order valence-electron chi connectivity index (χ0n) is 12.7. The highest BCUT2D eigenvalue weighted by Crippen LogP contribution is 2.14. The van der Waals surface area contributed by atoms with Crippen molar-refractivity contribution >= 4 is 35.6 Å². The van der Waals surface area contributed by atoms with Crippen LogP contribution in [-0.4, -0.2) is 12.6 Å². The summed E-state index contributed by atoms with van der Waals surface area (Å²) in [6.45, 7) is 3.34. The Morgan fingerprint density at radius 3 is 2.64 bits per heavy atom. The average molecular weight is 411 g/mol. The Hall–Kier alpha value is -1.76. The SMILES string of the molecule is CCCOc1cccc(CN=C(N)Nc2ccccc2)c1.I. The first kappa shape index (κ1) is 18.3. The summed E-state index contributed by atoms with van der Waals surface area (Å²) in [7, 11) is 0. The predicted molar refractivity (Wildman–Crippen MR) is 103 cm³/mol. The quantitative estimate of drug-likeness (QED) is 0.429. The van der Waals surface area contributed by atoms with Crippen molar-refractivity contribution in [1.82, 2.24) is 0 Å². The first-order valence-corrected chi connectivity index (χ1v) is 7.11. The van der Waals surface area contributed by atoms with Gasteiger partial charge in [-0.05, 0) is 36.2 Å². The summed E-state index contributed by atoms with van der Waals surface area (Å²) in [5.41, 5.74) is 7.88. The molecule has 0 aliphatic carbocycles. The fourth-order valence-corrected chi connectivity index (χ4v) is 1.84. The number of para-hydroxylation sites is 1. The molecule has 0 aliphatic heterocycles. The van der Waals surface area contributed by atoms with Crippen molar-refractivity contribution in [2.24, 2.45) is 10.7 Å². The van der Waals surface area contributed by atoms with E-state index in [1.54, 1.807) is 0 Å². The first-order chi connectivity index (χ1) is 10.3. The molecule has 4 nitrogen and oxygen atoms in total. The van der Waals surface area contributed by atoms with Crippen LogP contribution in [0.3, 0.4) is 0 Å². The number of aliphatic imine (C=N–C) groups is 1. The Bertz CT molecular complexity index is 587. The number of nitrogens with one attached hydrogen (secondary N) is 1. The number of ether oxygens (including phenoxy) is 1. The lowest BCUT2D eigenvalue weighted by atomic mass is 10.2. The maximum absolute atomic E-state index is 5.88. The molecule has 22 heavy (non-hydrogen) atoms. The van der Waals surface area contributed by atoms with Crippen LogP contribution in [0.4, 0.5) is 5.69 Å². The van der Waals surface area contributed by atoms with Crippen LogP contribution in [-0.2, 0) is 6.54 Å². The molecule has 0 unspecified atom stereocenters. The second-order valence-electron chi connectivity index (χ2n) is 4.69. The van der Waals surface area contributed by atoms with E-state index < -0.39 is 0 Å². The van der Waals surface area contributed by atoms with Crippen molar-refractivity contribution in [1.29, 1.82) is 0 Å². The zero-order chi connectivity index (χ0) is 14.9. The van der Waals surface area contributed by atoms with Crippen LogP contribution in [0.5, 0.6) is 5.75 Å². The number of rotatable bonds is 6. The van der Waals surface area contributed by atoms with E-state index in [4.69, 9.17) is 10.5 Å². The zero-order valence-corrected chi connectivity index (χ0v) is 15.0. The van der Waals surface area contributed by atoms with Gasteiger partial charge in [0.15, 0.2) is 5.96 Å². The van der Waals surface area contributed by atoms with Gasteiger partial charge in [0.25, 0.3) is 0 Å². The fraction of sp³-hybridized carbons (Fsp3) is 0.235. The highest BCUT2D eigenvalue weighted by Gasteiger charge is 1.98. The Balaban J connectivity index is 0.00000242. The minimum Gasteiger partial charge on any atom is -0.494 e. The summed E-state index contributed by atoms with van der Waals surface area (Å²) in [4.78, 5) is 4.34. The van der Waals surface area contributed by atoms with Gasteiger partial charge >= 0.3 is 0 Å². The van der Waals surface area contributed by atoms with Crippen LogP contribution in [0, 0.1) is 0 Å².